The van der Waals surface area contributed by atoms with E-state index in [9.17, 15) is 23.1 Å². The van der Waals surface area contributed by atoms with Crippen LogP contribution in [0.5, 0.6) is 0 Å². The highest BCUT2D eigenvalue weighted by Gasteiger charge is 2.33. The van der Waals surface area contributed by atoms with Crippen molar-refractivity contribution < 1.29 is 23.1 Å². The fourth-order valence-electron chi connectivity index (χ4n) is 3.01. The maximum absolute atomic E-state index is 13.2. The number of hydrogen-bond acceptors (Lipinski definition) is 4. The first kappa shape index (κ1) is 17.4. The summed E-state index contributed by atoms with van der Waals surface area (Å²) in [5.41, 5.74) is -0.416. The number of amides is 1. The molecule has 0 radical (unpaired) electrons. The summed E-state index contributed by atoms with van der Waals surface area (Å²) in [6.07, 6.45) is -4.54. The van der Waals surface area contributed by atoms with Crippen molar-refractivity contribution >= 4 is 23.4 Å². The highest BCUT2D eigenvalue weighted by Crippen LogP contribution is 2.34. The summed E-state index contributed by atoms with van der Waals surface area (Å²) in [6, 6.07) is 3.50. The minimum atomic E-state index is -4.51. The number of carbonyl (C=O) groups is 1. The average Bonchev–Trinajstić information content (AvgIpc) is 3.00. The smallest absolute Gasteiger partial charge is 0.391 e. The van der Waals surface area contributed by atoms with Crippen molar-refractivity contribution in [3.05, 3.63) is 29.3 Å². The molecule has 0 aliphatic carbocycles. The lowest BCUT2D eigenvalue weighted by molar-refractivity contribution is -0.137. The Labute approximate surface area is 142 Å². The second-order valence-corrected chi connectivity index (χ2v) is 7.28. The van der Waals surface area contributed by atoms with Crippen LogP contribution in [0.3, 0.4) is 0 Å². The predicted octanol–water partition coefficient (Wildman–Crippen LogP) is 2.47. The van der Waals surface area contributed by atoms with Crippen LogP contribution in [0.25, 0.3) is 0 Å². The fourth-order valence-corrected chi connectivity index (χ4v) is 3.91. The van der Waals surface area contributed by atoms with E-state index in [1.165, 1.54) is 6.07 Å². The molecule has 1 atom stereocenters. The first-order chi connectivity index (χ1) is 11.3. The Hall–Kier alpha value is -1.41. The molecule has 2 aliphatic rings. The number of rotatable bonds is 2. The van der Waals surface area contributed by atoms with Crippen molar-refractivity contribution in [3.8, 4) is 0 Å². The number of nitrogens with zero attached hydrogens (tertiary/aromatic N) is 2. The molecule has 3 rings (SSSR count). The third kappa shape index (κ3) is 3.80. The molecule has 132 valence electrons. The van der Waals surface area contributed by atoms with Crippen LogP contribution in [-0.4, -0.2) is 59.7 Å². The zero-order chi connectivity index (χ0) is 17.3. The standard InChI is InChI=1S/C16H19F3N2O2S/c17-16(18,19)12-7-11(15(23)20-3-5-24-6-4-20)8-13(9-12)21-2-1-14(22)10-21/h7-9,14,22H,1-6,10H2. The Balaban J connectivity index is 1.93. The summed E-state index contributed by atoms with van der Waals surface area (Å²) in [4.78, 5) is 15.9. The van der Waals surface area contributed by atoms with Gasteiger partial charge in [0, 0.05) is 48.9 Å². The van der Waals surface area contributed by atoms with Gasteiger partial charge in [-0.1, -0.05) is 0 Å². The van der Waals surface area contributed by atoms with E-state index in [2.05, 4.69) is 0 Å². The molecule has 1 unspecified atom stereocenters. The molecule has 1 aromatic carbocycles. The van der Waals surface area contributed by atoms with Crippen molar-refractivity contribution in [2.24, 2.45) is 0 Å². The van der Waals surface area contributed by atoms with E-state index in [1.807, 2.05) is 0 Å². The third-order valence-corrected chi connectivity index (χ3v) is 5.26. The molecule has 2 aliphatic heterocycles. The van der Waals surface area contributed by atoms with Crippen LogP contribution in [0.2, 0.25) is 0 Å². The SMILES string of the molecule is O=C(c1cc(N2CCC(O)C2)cc(C(F)(F)F)c1)N1CCSCC1. The molecule has 24 heavy (non-hydrogen) atoms. The van der Waals surface area contributed by atoms with Gasteiger partial charge in [0.15, 0.2) is 0 Å². The summed E-state index contributed by atoms with van der Waals surface area (Å²) in [5, 5.41) is 9.63. The molecule has 0 spiro atoms. The van der Waals surface area contributed by atoms with Crippen molar-refractivity contribution in [2.75, 3.05) is 42.6 Å². The summed E-state index contributed by atoms with van der Waals surface area (Å²) in [6.45, 7) is 1.88. The second kappa shape index (κ2) is 6.84. The zero-order valence-electron chi connectivity index (χ0n) is 13.1. The Bertz CT molecular complexity index is 618. The fraction of sp³-hybridized carbons (Fsp3) is 0.562. The highest BCUT2D eigenvalue weighted by atomic mass is 32.2. The molecule has 8 heteroatoms. The van der Waals surface area contributed by atoms with Crippen LogP contribution >= 0.6 is 11.8 Å². The van der Waals surface area contributed by atoms with Gasteiger partial charge in [0.1, 0.15) is 0 Å². The molecule has 0 saturated carbocycles. The van der Waals surface area contributed by atoms with E-state index in [1.54, 1.807) is 21.6 Å². The number of aliphatic hydroxyl groups excluding tert-OH is 1. The van der Waals surface area contributed by atoms with Crippen LogP contribution in [0.4, 0.5) is 18.9 Å². The molecular formula is C16H19F3N2O2S. The number of benzene rings is 1. The van der Waals surface area contributed by atoms with Gasteiger partial charge < -0.3 is 14.9 Å². The summed E-state index contributed by atoms with van der Waals surface area (Å²) >= 11 is 1.73. The normalized spacial score (nSPS) is 22.1. The van der Waals surface area contributed by atoms with Gasteiger partial charge in [-0.25, -0.2) is 0 Å². The molecule has 2 heterocycles. The van der Waals surface area contributed by atoms with Gasteiger partial charge in [-0.15, -0.1) is 0 Å². The van der Waals surface area contributed by atoms with E-state index in [4.69, 9.17) is 0 Å². The van der Waals surface area contributed by atoms with E-state index in [0.717, 1.165) is 23.6 Å². The van der Waals surface area contributed by atoms with Gasteiger partial charge in [0.25, 0.3) is 5.91 Å². The predicted molar refractivity (Wildman–Crippen MR) is 87.5 cm³/mol. The molecule has 1 aromatic rings. The maximum Gasteiger partial charge on any atom is 0.416 e. The Kier molecular flexibility index (Phi) is 4.96. The number of aliphatic hydroxyl groups is 1. The third-order valence-electron chi connectivity index (χ3n) is 4.32. The molecule has 4 nitrogen and oxygen atoms in total. The largest absolute Gasteiger partial charge is 0.416 e. The van der Waals surface area contributed by atoms with Crippen LogP contribution in [0, 0.1) is 0 Å². The van der Waals surface area contributed by atoms with Crippen LogP contribution in [0.15, 0.2) is 18.2 Å². The molecular weight excluding hydrogens is 341 g/mol. The number of alkyl halides is 3. The Morgan fingerprint density at radius 2 is 1.88 bits per heavy atom. The van der Waals surface area contributed by atoms with Gasteiger partial charge in [0.05, 0.1) is 11.7 Å². The van der Waals surface area contributed by atoms with Gasteiger partial charge in [-0.2, -0.15) is 24.9 Å². The van der Waals surface area contributed by atoms with Gasteiger partial charge in [-0.3, -0.25) is 4.79 Å². The summed E-state index contributed by atoms with van der Waals surface area (Å²) in [7, 11) is 0. The first-order valence-corrected chi connectivity index (χ1v) is 9.02. The second-order valence-electron chi connectivity index (χ2n) is 6.06. The first-order valence-electron chi connectivity index (χ1n) is 7.87. The van der Waals surface area contributed by atoms with E-state index >= 15 is 0 Å². The highest BCUT2D eigenvalue weighted by molar-refractivity contribution is 7.99. The lowest BCUT2D eigenvalue weighted by Crippen LogP contribution is -2.38. The quantitative estimate of drug-likeness (QED) is 0.880. The number of halogens is 3. The number of β-amino-alcohol motifs (C(OH)–C–C–N with tert-alkyl or cyclic N) is 1. The van der Waals surface area contributed by atoms with Crippen molar-refractivity contribution in [2.45, 2.75) is 18.7 Å². The zero-order valence-corrected chi connectivity index (χ0v) is 13.9. The van der Waals surface area contributed by atoms with E-state index in [-0.39, 0.29) is 18.0 Å². The van der Waals surface area contributed by atoms with Crippen molar-refractivity contribution in [1.29, 1.82) is 0 Å². The van der Waals surface area contributed by atoms with Gasteiger partial charge in [0.2, 0.25) is 0 Å². The lowest BCUT2D eigenvalue weighted by atomic mass is 10.1. The molecule has 0 aromatic heterocycles. The minimum Gasteiger partial charge on any atom is -0.391 e. The van der Waals surface area contributed by atoms with E-state index in [0.29, 0.717) is 31.7 Å². The number of anilines is 1. The van der Waals surface area contributed by atoms with Crippen molar-refractivity contribution in [3.63, 3.8) is 0 Å². The number of thioether (sulfide) groups is 1. The van der Waals surface area contributed by atoms with Crippen molar-refractivity contribution in [1.82, 2.24) is 4.90 Å². The monoisotopic (exact) mass is 360 g/mol. The maximum atomic E-state index is 13.2. The van der Waals surface area contributed by atoms with Crippen LogP contribution < -0.4 is 4.90 Å². The molecule has 1 N–H and O–H groups in total. The van der Waals surface area contributed by atoms with E-state index < -0.39 is 17.8 Å². The average molecular weight is 360 g/mol. The topological polar surface area (TPSA) is 43.8 Å². The van der Waals surface area contributed by atoms with Crippen LogP contribution in [0.1, 0.15) is 22.3 Å². The van der Waals surface area contributed by atoms with Gasteiger partial charge >= 0.3 is 6.18 Å². The molecule has 0 bridgehead atoms. The van der Waals surface area contributed by atoms with Crippen LogP contribution in [-0.2, 0) is 6.18 Å². The lowest BCUT2D eigenvalue weighted by Gasteiger charge is -2.27. The Morgan fingerprint density at radius 3 is 2.46 bits per heavy atom. The number of carbonyl (C=O) groups excluding carboxylic acids is 1. The summed E-state index contributed by atoms with van der Waals surface area (Å²) < 4.78 is 39.7. The molecule has 2 fully saturated rings. The molecule has 1 amide bonds. The van der Waals surface area contributed by atoms with Gasteiger partial charge in [-0.05, 0) is 24.6 Å². The minimum absolute atomic E-state index is 0.0631. The Morgan fingerprint density at radius 1 is 1.17 bits per heavy atom. The summed E-state index contributed by atoms with van der Waals surface area (Å²) in [5.74, 6) is 1.24. The molecule has 2 saturated heterocycles. The number of hydrogen-bond donors (Lipinski definition) is 1.